The number of nitrogens with one attached hydrogen (secondary N) is 2. The number of aromatic nitrogens is 2. The number of amides is 1. The zero-order chi connectivity index (χ0) is 14.5. The minimum absolute atomic E-state index is 0.00298. The number of pyridine rings is 1. The molecule has 0 aromatic carbocycles. The summed E-state index contributed by atoms with van der Waals surface area (Å²) >= 11 is 0. The highest BCUT2D eigenvalue weighted by molar-refractivity contribution is 5.95. The summed E-state index contributed by atoms with van der Waals surface area (Å²) in [6.45, 7) is 4.51. The van der Waals surface area contributed by atoms with Gasteiger partial charge in [0.25, 0.3) is 0 Å². The zero-order valence-corrected chi connectivity index (χ0v) is 11.8. The highest BCUT2D eigenvalue weighted by Gasteiger charge is 2.12. The fourth-order valence-corrected chi connectivity index (χ4v) is 2.01. The quantitative estimate of drug-likeness (QED) is 0.724. The van der Waals surface area contributed by atoms with E-state index in [1.54, 1.807) is 12.3 Å². The van der Waals surface area contributed by atoms with Crippen LogP contribution in [0.4, 0.5) is 0 Å². The largest absolute Gasteiger partial charge is 0.348 e. The molecule has 0 bridgehead atoms. The van der Waals surface area contributed by atoms with Gasteiger partial charge in [0.2, 0.25) is 5.91 Å². The zero-order valence-electron chi connectivity index (χ0n) is 11.8. The summed E-state index contributed by atoms with van der Waals surface area (Å²) in [7, 11) is 0. The molecule has 0 aliphatic heterocycles. The molecule has 0 unspecified atom stereocenters. The van der Waals surface area contributed by atoms with E-state index in [0.29, 0.717) is 12.5 Å². The van der Waals surface area contributed by atoms with Crippen LogP contribution in [0, 0.1) is 5.92 Å². The minimum atomic E-state index is -0.132. The second-order valence-electron chi connectivity index (χ2n) is 5.07. The van der Waals surface area contributed by atoms with Crippen molar-refractivity contribution in [2.75, 3.05) is 6.54 Å². The Morgan fingerprint density at radius 2 is 2.35 bits per heavy atom. The van der Waals surface area contributed by atoms with Crippen LogP contribution in [0.1, 0.15) is 19.4 Å². The van der Waals surface area contributed by atoms with Gasteiger partial charge in [-0.15, -0.1) is 0 Å². The third-order valence-corrected chi connectivity index (χ3v) is 3.28. The molecule has 0 radical (unpaired) electrons. The van der Waals surface area contributed by atoms with E-state index in [-0.39, 0.29) is 11.9 Å². The second kappa shape index (κ2) is 6.34. The summed E-state index contributed by atoms with van der Waals surface area (Å²) in [5.41, 5.74) is 7.39. The van der Waals surface area contributed by atoms with Crippen molar-refractivity contribution in [1.82, 2.24) is 15.3 Å². The van der Waals surface area contributed by atoms with Crippen molar-refractivity contribution in [3.05, 3.63) is 36.2 Å². The Hall–Kier alpha value is -2.14. The van der Waals surface area contributed by atoms with Crippen LogP contribution < -0.4 is 11.1 Å². The summed E-state index contributed by atoms with van der Waals surface area (Å²) in [6, 6.07) is 3.83. The standard InChI is InChI=1S/C15H20N4O/c1-10(2)13(8-16)19-14(20)6-5-11-9-18-15-12(11)4-3-7-17-15/h3-7,9-10,13H,8,16H2,1-2H3,(H,17,18)(H,19,20)/b6-5+/t13-/m1/s1. The Labute approximate surface area is 118 Å². The Kier molecular flexibility index (Phi) is 4.53. The van der Waals surface area contributed by atoms with E-state index >= 15 is 0 Å². The molecule has 1 amide bonds. The van der Waals surface area contributed by atoms with Crippen molar-refractivity contribution in [3.63, 3.8) is 0 Å². The molecule has 2 heterocycles. The molecule has 0 aliphatic carbocycles. The van der Waals surface area contributed by atoms with E-state index in [1.807, 2.05) is 32.2 Å². The molecule has 2 aromatic heterocycles. The molecule has 106 valence electrons. The molecular weight excluding hydrogens is 252 g/mol. The predicted molar refractivity (Wildman–Crippen MR) is 81.0 cm³/mol. The summed E-state index contributed by atoms with van der Waals surface area (Å²) in [6.07, 6.45) is 6.88. The molecule has 0 spiro atoms. The molecule has 0 aliphatic rings. The van der Waals surface area contributed by atoms with E-state index in [2.05, 4.69) is 15.3 Å². The van der Waals surface area contributed by atoms with Gasteiger partial charge in [0, 0.05) is 42.0 Å². The Bertz CT molecular complexity index is 615. The lowest BCUT2D eigenvalue weighted by molar-refractivity contribution is -0.117. The molecule has 2 aromatic rings. The first-order chi connectivity index (χ1) is 9.61. The van der Waals surface area contributed by atoms with Crippen LogP contribution in [0.15, 0.2) is 30.6 Å². The highest BCUT2D eigenvalue weighted by atomic mass is 16.1. The topological polar surface area (TPSA) is 83.8 Å². The van der Waals surface area contributed by atoms with Gasteiger partial charge in [-0.05, 0) is 24.1 Å². The van der Waals surface area contributed by atoms with Gasteiger partial charge in [0.15, 0.2) is 0 Å². The summed E-state index contributed by atoms with van der Waals surface area (Å²) in [5, 5.41) is 3.90. The number of fused-ring (bicyclic) bond motifs is 1. The molecule has 4 N–H and O–H groups in total. The molecule has 0 fully saturated rings. The van der Waals surface area contributed by atoms with Crippen LogP contribution in [-0.4, -0.2) is 28.5 Å². The van der Waals surface area contributed by atoms with Gasteiger partial charge < -0.3 is 16.0 Å². The van der Waals surface area contributed by atoms with E-state index in [9.17, 15) is 4.79 Å². The van der Waals surface area contributed by atoms with Gasteiger partial charge in [-0.25, -0.2) is 4.98 Å². The van der Waals surface area contributed by atoms with Gasteiger partial charge >= 0.3 is 0 Å². The summed E-state index contributed by atoms with van der Waals surface area (Å²) in [4.78, 5) is 19.1. The molecule has 5 nitrogen and oxygen atoms in total. The van der Waals surface area contributed by atoms with Crippen molar-refractivity contribution < 1.29 is 4.79 Å². The van der Waals surface area contributed by atoms with Gasteiger partial charge in [0.1, 0.15) is 5.65 Å². The fraction of sp³-hybridized carbons (Fsp3) is 0.333. The Balaban J connectivity index is 2.07. The third-order valence-electron chi connectivity index (χ3n) is 3.28. The maximum absolute atomic E-state index is 11.9. The monoisotopic (exact) mass is 272 g/mol. The molecule has 5 heteroatoms. The average Bonchev–Trinajstić information content (AvgIpc) is 2.85. The number of aromatic amines is 1. The first-order valence-electron chi connectivity index (χ1n) is 6.72. The van der Waals surface area contributed by atoms with Gasteiger partial charge in [-0.3, -0.25) is 4.79 Å². The molecule has 1 atom stereocenters. The van der Waals surface area contributed by atoms with Crippen LogP contribution in [0.2, 0.25) is 0 Å². The van der Waals surface area contributed by atoms with Crippen molar-refractivity contribution in [1.29, 1.82) is 0 Å². The summed E-state index contributed by atoms with van der Waals surface area (Å²) in [5.74, 6) is 0.182. The number of carbonyl (C=O) groups excluding carboxylic acids is 1. The minimum Gasteiger partial charge on any atom is -0.348 e. The third kappa shape index (κ3) is 3.24. The number of H-pyrrole nitrogens is 1. The molecule has 20 heavy (non-hydrogen) atoms. The molecule has 2 rings (SSSR count). The lowest BCUT2D eigenvalue weighted by atomic mass is 10.0. The smallest absolute Gasteiger partial charge is 0.244 e. The van der Waals surface area contributed by atoms with E-state index in [1.165, 1.54) is 6.08 Å². The van der Waals surface area contributed by atoms with Crippen LogP contribution >= 0.6 is 0 Å². The number of nitrogens with two attached hydrogens (primary N) is 1. The normalized spacial score (nSPS) is 13.2. The van der Waals surface area contributed by atoms with E-state index < -0.39 is 0 Å². The van der Waals surface area contributed by atoms with Crippen molar-refractivity contribution in [2.45, 2.75) is 19.9 Å². The number of carbonyl (C=O) groups is 1. The van der Waals surface area contributed by atoms with Crippen molar-refractivity contribution in [2.24, 2.45) is 11.7 Å². The lowest BCUT2D eigenvalue weighted by Gasteiger charge is -2.19. The number of rotatable bonds is 5. The maximum Gasteiger partial charge on any atom is 0.244 e. The maximum atomic E-state index is 11.9. The van der Waals surface area contributed by atoms with Crippen LogP contribution in [0.5, 0.6) is 0 Å². The second-order valence-corrected chi connectivity index (χ2v) is 5.07. The molecular formula is C15H20N4O. The predicted octanol–water partition coefficient (Wildman–Crippen LogP) is 1.68. The Morgan fingerprint density at radius 1 is 1.55 bits per heavy atom. The number of hydrogen-bond acceptors (Lipinski definition) is 3. The van der Waals surface area contributed by atoms with Gasteiger partial charge in [-0.2, -0.15) is 0 Å². The first-order valence-corrected chi connectivity index (χ1v) is 6.72. The number of nitrogens with zero attached hydrogens (tertiary/aromatic N) is 1. The van der Waals surface area contributed by atoms with Gasteiger partial charge in [0.05, 0.1) is 0 Å². The van der Waals surface area contributed by atoms with Crippen LogP contribution in [0.25, 0.3) is 17.1 Å². The van der Waals surface area contributed by atoms with E-state index in [0.717, 1.165) is 16.6 Å². The van der Waals surface area contributed by atoms with Gasteiger partial charge in [-0.1, -0.05) is 13.8 Å². The highest BCUT2D eigenvalue weighted by Crippen LogP contribution is 2.16. The average molecular weight is 272 g/mol. The van der Waals surface area contributed by atoms with Crippen LogP contribution in [-0.2, 0) is 4.79 Å². The Morgan fingerprint density at radius 3 is 3.05 bits per heavy atom. The number of hydrogen-bond donors (Lipinski definition) is 3. The van der Waals surface area contributed by atoms with Crippen molar-refractivity contribution >= 4 is 23.0 Å². The lowest BCUT2D eigenvalue weighted by Crippen LogP contribution is -2.42. The molecule has 0 saturated carbocycles. The van der Waals surface area contributed by atoms with Crippen molar-refractivity contribution in [3.8, 4) is 0 Å². The summed E-state index contributed by atoms with van der Waals surface area (Å²) < 4.78 is 0. The fourth-order valence-electron chi connectivity index (χ4n) is 2.01. The van der Waals surface area contributed by atoms with E-state index in [4.69, 9.17) is 5.73 Å². The molecule has 0 saturated heterocycles. The SMILES string of the molecule is CC(C)[C@@H](CN)NC(=O)/C=C/c1c[nH]c2ncccc12. The first kappa shape index (κ1) is 14.3. The van der Waals surface area contributed by atoms with Crippen LogP contribution in [0.3, 0.4) is 0 Å².